The molecule has 1 spiro atoms. The first-order chi connectivity index (χ1) is 7.26. The minimum atomic E-state index is -0.0335. The SMILES string of the molecule is COCC(N)C1CCOC2(CCOC2)C1. The van der Waals surface area contributed by atoms with Crippen molar-refractivity contribution in [2.45, 2.75) is 30.9 Å². The molecule has 3 unspecified atom stereocenters. The summed E-state index contributed by atoms with van der Waals surface area (Å²) in [6, 6.07) is 0.136. The quantitative estimate of drug-likeness (QED) is 0.747. The molecule has 15 heavy (non-hydrogen) atoms. The molecule has 2 N–H and O–H groups in total. The Hall–Kier alpha value is -0.160. The van der Waals surface area contributed by atoms with E-state index in [4.69, 9.17) is 19.9 Å². The number of ether oxygens (including phenoxy) is 3. The van der Waals surface area contributed by atoms with Crippen LogP contribution in [0.2, 0.25) is 0 Å². The predicted molar refractivity (Wildman–Crippen MR) is 56.7 cm³/mol. The van der Waals surface area contributed by atoms with Crippen LogP contribution in [0.3, 0.4) is 0 Å². The van der Waals surface area contributed by atoms with Gasteiger partial charge < -0.3 is 19.9 Å². The minimum absolute atomic E-state index is 0.0335. The maximum absolute atomic E-state index is 6.09. The van der Waals surface area contributed by atoms with Crippen LogP contribution in [0, 0.1) is 5.92 Å². The Bertz CT molecular complexity index is 204. The van der Waals surface area contributed by atoms with E-state index in [-0.39, 0.29) is 11.6 Å². The normalized spacial score (nSPS) is 38.4. The smallest absolute Gasteiger partial charge is 0.0939 e. The van der Waals surface area contributed by atoms with Gasteiger partial charge in [-0.15, -0.1) is 0 Å². The van der Waals surface area contributed by atoms with Crippen LogP contribution in [0.25, 0.3) is 0 Å². The molecule has 0 radical (unpaired) electrons. The lowest BCUT2D eigenvalue weighted by molar-refractivity contribution is -0.103. The summed E-state index contributed by atoms with van der Waals surface area (Å²) in [5, 5.41) is 0. The van der Waals surface area contributed by atoms with E-state index >= 15 is 0 Å². The van der Waals surface area contributed by atoms with Crippen LogP contribution in [-0.2, 0) is 14.2 Å². The Balaban J connectivity index is 1.91. The molecule has 0 saturated carbocycles. The Morgan fingerprint density at radius 3 is 3.07 bits per heavy atom. The molecular weight excluding hydrogens is 194 g/mol. The molecule has 2 saturated heterocycles. The monoisotopic (exact) mass is 215 g/mol. The Labute approximate surface area is 91.1 Å². The molecule has 0 aromatic carbocycles. The van der Waals surface area contributed by atoms with E-state index in [1.165, 1.54) is 0 Å². The van der Waals surface area contributed by atoms with Gasteiger partial charge in [0, 0.05) is 32.8 Å². The van der Waals surface area contributed by atoms with E-state index in [0.717, 1.165) is 39.1 Å². The highest BCUT2D eigenvalue weighted by Gasteiger charge is 2.42. The summed E-state index contributed by atoms with van der Waals surface area (Å²) in [6.45, 7) is 3.02. The van der Waals surface area contributed by atoms with Crippen molar-refractivity contribution < 1.29 is 14.2 Å². The molecule has 0 aliphatic carbocycles. The Morgan fingerprint density at radius 1 is 1.53 bits per heavy atom. The van der Waals surface area contributed by atoms with Gasteiger partial charge in [-0.2, -0.15) is 0 Å². The third-order valence-electron chi connectivity index (χ3n) is 3.56. The standard InChI is InChI=1S/C11H21NO3/c1-13-7-10(12)9-2-4-15-11(6-9)3-5-14-8-11/h9-10H,2-8,12H2,1H3. The van der Waals surface area contributed by atoms with E-state index in [0.29, 0.717) is 12.5 Å². The fourth-order valence-corrected chi connectivity index (χ4v) is 2.62. The highest BCUT2D eigenvalue weighted by Crippen LogP contribution is 2.36. The van der Waals surface area contributed by atoms with Gasteiger partial charge in [0.2, 0.25) is 0 Å². The van der Waals surface area contributed by atoms with Gasteiger partial charge in [0.05, 0.1) is 18.8 Å². The van der Waals surface area contributed by atoms with Crippen LogP contribution in [0.1, 0.15) is 19.3 Å². The van der Waals surface area contributed by atoms with Crippen LogP contribution in [0.5, 0.6) is 0 Å². The first-order valence-corrected chi connectivity index (χ1v) is 5.72. The number of methoxy groups -OCH3 is 1. The molecule has 4 nitrogen and oxygen atoms in total. The number of rotatable bonds is 3. The zero-order chi connectivity index (χ0) is 10.7. The number of hydrogen-bond acceptors (Lipinski definition) is 4. The molecule has 88 valence electrons. The van der Waals surface area contributed by atoms with E-state index in [1.807, 2.05) is 0 Å². The van der Waals surface area contributed by atoms with Crippen molar-refractivity contribution in [1.82, 2.24) is 0 Å². The van der Waals surface area contributed by atoms with Crippen LogP contribution in [0.15, 0.2) is 0 Å². The minimum Gasteiger partial charge on any atom is -0.383 e. The second-order valence-electron chi connectivity index (χ2n) is 4.71. The molecule has 0 amide bonds. The van der Waals surface area contributed by atoms with Crippen LogP contribution in [-0.4, -0.2) is 45.2 Å². The summed E-state index contributed by atoms with van der Waals surface area (Å²) in [7, 11) is 1.70. The summed E-state index contributed by atoms with van der Waals surface area (Å²) in [5.41, 5.74) is 6.06. The van der Waals surface area contributed by atoms with E-state index in [1.54, 1.807) is 7.11 Å². The molecule has 2 aliphatic heterocycles. The Morgan fingerprint density at radius 2 is 2.40 bits per heavy atom. The van der Waals surface area contributed by atoms with Gasteiger partial charge in [0.1, 0.15) is 0 Å². The van der Waals surface area contributed by atoms with Gasteiger partial charge >= 0.3 is 0 Å². The number of hydrogen-bond donors (Lipinski definition) is 1. The van der Waals surface area contributed by atoms with Gasteiger partial charge in [-0.3, -0.25) is 0 Å². The lowest BCUT2D eigenvalue weighted by Crippen LogP contribution is -2.47. The van der Waals surface area contributed by atoms with Crippen molar-refractivity contribution in [2.24, 2.45) is 11.7 Å². The molecule has 3 atom stereocenters. The van der Waals surface area contributed by atoms with Crippen LogP contribution in [0.4, 0.5) is 0 Å². The largest absolute Gasteiger partial charge is 0.383 e. The van der Waals surface area contributed by atoms with Gasteiger partial charge in [0.25, 0.3) is 0 Å². The zero-order valence-electron chi connectivity index (χ0n) is 9.41. The highest BCUT2D eigenvalue weighted by atomic mass is 16.6. The van der Waals surface area contributed by atoms with E-state index in [2.05, 4.69) is 0 Å². The summed E-state index contributed by atoms with van der Waals surface area (Å²) < 4.78 is 16.4. The average molecular weight is 215 g/mol. The summed E-state index contributed by atoms with van der Waals surface area (Å²) in [6.07, 6.45) is 3.09. The summed E-state index contributed by atoms with van der Waals surface area (Å²) in [4.78, 5) is 0. The lowest BCUT2D eigenvalue weighted by Gasteiger charge is -2.39. The van der Waals surface area contributed by atoms with Gasteiger partial charge in [-0.25, -0.2) is 0 Å². The van der Waals surface area contributed by atoms with Gasteiger partial charge in [-0.1, -0.05) is 0 Å². The molecule has 2 fully saturated rings. The van der Waals surface area contributed by atoms with Crippen molar-refractivity contribution in [3.63, 3.8) is 0 Å². The van der Waals surface area contributed by atoms with Gasteiger partial charge in [-0.05, 0) is 18.8 Å². The summed E-state index contributed by atoms with van der Waals surface area (Å²) >= 11 is 0. The van der Waals surface area contributed by atoms with Crippen LogP contribution < -0.4 is 5.73 Å². The Kier molecular flexibility index (Phi) is 3.61. The highest BCUT2D eigenvalue weighted by molar-refractivity contribution is 4.92. The molecule has 2 aliphatic rings. The molecule has 0 aromatic rings. The first kappa shape index (κ1) is 11.3. The van der Waals surface area contributed by atoms with Crippen molar-refractivity contribution in [2.75, 3.05) is 33.5 Å². The first-order valence-electron chi connectivity index (χ1n) is 5.72. The zero-order valence-corrected chi connectivity index (χ0v) is 9.41. The molecule has 2 heterocycles. The maximum atomic E-state index is 6.09. The molecule has 0 aromatic heterocycles. The van der Waals surface area contributed by atoms with Crippen molar-refractivity contribution >= 4 is 0 Å². The molecular formula is C11H21NO3. The van der Waals surface area contributed by atoms with Gasteiger partial charge in [0.15, 0.2) is 0 Å². The van der Waals surface area contributed by atoms with E-state index in [9.17, 15) is 0 Å². The second-order valence-corrected chi connectivity index (χ2v) is 4.71. The topological polar surface area (TPSA) is 53.7 Å². The maximum Gasteiger partial charge on any atom is 0.0939 e. The molecule has 2 rings (SSSR count). The molecule has 0 bridgehead atoms. The predicted octanol–water partition coefficient (Wildman–Crippen LogP) is 0.546. The van der Waals surface area contributed by atoms with Crippen LogP contribution >= 0.6 is 0 Å². The third kappa shape index (κ3) is 2.50. The molecule has 4 heteroatoms. The van der Waals surface area contributed by atoms with E-state index < -0.39 is 0 Å². The fourth-order valence-electron chi connectivity index (χ4n) is 2.62. The average Bonchev–Trinajstić information content (AvgIpc) is 2.67. The van der Waals surface area contributed by atoms with Crippen molar-refractivity contribution in [3.05, 3.63) is 0 Å². The summed E-state index contributed by atoms with van der Waals surface area (Å²) in [5.74, 6) is 0.514. The number of nitrogens with two attached hydrogens (primary N) is 1. The fraction of sp³-hybridized carbons (Fsp3) is 1.00. The second kappa shape index (κ2) is 4.78. The third-order valence-corrected chi connectivity index (χ3v) is 3.56. The lowest BCUT2D eigenvalue weighted by atomic mass is 9.81. The van der Waals surface area contributed by atoms with Crippen molar-refractivity contribution in [1.29, 1.82) is 0 Å². The van der Waals surface area contributed by atoms with Crippen molar-refractivity contribution in [3.8, 4) is 0 Å².